The SMILES string of the molecule is O=C(C[C@H]1Cc2ccccc2CN1C(=O)Cn1ccc2sccc2c1=O)NC1(c2ccc(Cl)cc2)CC1. The number of carbonyl (C=O) groups excluding carboxylic acids is 2. The molecule has 1 aliphatic carbocycles. The van der Waals surface area contributed by atoms with Gasteiger partial charge in [-0.25, -0.2) is 0 Å². The Morgan fingerprint density at radius 3 is 2.54 bits per heavy atom. The number of benzene rings is 2. The van der Waals surface area contributed by atoms with Gasteiger partial charge in [-0.15, -0.1) is 11.3 Å². The third kappa shape index (κ3) is 4.69. The molecule has 4 aromatic rings. The molecule has 8 heteroatoms. The molecule has 1 fully saturated rings. The fourth-order valence-electron chi connectivity index (χ4n) is 5.34. The van der Waals surface area contributed by atoms with E-state index in [0.717, 1.165) is 34.2 Å². The van der Waals surface area contributed by atoms with E-state index in [0.29, 0.717) is 23.4 Å². The lowest BCUT2D eigenvalue weighted by Crippen LogP contribution is -2.49. The van der Waals surface area contributed by atoms with Crippen LogP contribution in [-0.2, 0) is 34.6 Å². The fraction of sp³-hybridized carbons (Fsp3) is 0.276. The first-order valence-electron chi connectivity index (χ1n) is 12.4. The van der Waals surface area contributed by atoms with Crippen molar-refractivity contribution >= 4 is 44.8 Å². The standard InChI is InChI=1S/C29H26ClN3O3S/c30-22-7-5-21(6-8-22)29(11-12-29)31-26(34)16-23-15-19-3-1-2-4-20(19)17-33(23)27(35)18-32-13-9-25-24(28(32)36)10-14-37-25/h1-10,13-14,23H,11-12,15-18H2,(H,31,34)/t23-/m1/s1. The zero-order valence-corrected chi connectivity index (χ0v) is 21.7. The van der Waals surface area contributed by atoms with E-state index in [1.54, 1.807) is 17.2 Å². The Morgan fingerprint density at radius 1 is 1.03 bits per heavy atom. The lowest BCUT2D eigenvalue weighted by molar-refractivity contribution is -0.136. The molecule has 0 radical (unpaired) electrons. The molecule has 2 aromatic carbocycles. The van der Waals surface area contributed by atoms with Crippen molar-refractivity contribution in [1.82, 2.24) is 14.8 Å². The minimum absolute atomic E-state index is 0.0559. The topological polar surface area (TPSA) is 71.4 Å². The highest BCUT2D eigenvalue weighted by molar-refractivity contribution is 7.17. The summed E-state index contributed by atoms with van der Waals surface area (Å²) in [6.07, 6.45) is 4.24. The molecule has 3 heterocycles. The summed E-state index contributed by atoms with van der Waals surface area (Å²) in [4.78, 5) is 41.5. The first kappa shape index (κ1) is 23.9. The van der Waals surface area contributed by atoms with E-state index in [2.05, 4.69) is 11.4 Å². The predicted octanol–water partition coefficient (Wildman–Crippen LogP) is 4.87. The third-order valence-electron chi connectivity index (χ3n) is 7.52. The van der Waals surface area contributed by atoms with Gasteiger partial charge in [-0.2, -0.15) is 0 Å². The summed E-state index contributed by atoms with van der Waals surface area (Å²) in [5, 5.41) is 6.40. The number of nitrogens with zero attached hydrogens (tertiary/aromatic N) is 2. The Bertz CT molecular complexity index is 1550. The normalized spacial score (nSPS) is 17.9. The number of carbonyl (C=O) groups is 2. The molecule has 2 aliphatic rings. The van der Waals surface area contributed by atoms with Crippen LogP contribution < -0.4 is 10.9 Å². The minimum Gasteiger partial charge on any atom is -0.347 e. The summed E-state index contributed by atoms with van der Waals surface area (Å²) < 4.78 is 2.37. The summed E-state index contributed by atoms with van der Waals surface area (Å²) in [7, 11) is 0. The van der Waals surface area contributed by atoms with E-state index in [1.165, 1.54) is 15.9 Å². The van der Waals surface area contributed by atoms with Crippen molar-refractivity contribution in [3.63, 3.8) is 0 Å². The van der Waals surface area contributed by atoms with Gasteiger partial charge in [0, 0.05) is 34.9 Å². The first-order chi connectivity index (χ1) is 17.9. The van der Waals surface area contributed by atoms with Crippen LogP contribution in [0.25, 0.3) is 10.1 Å². The van der Waals surface area contributed by atoms with Gasteiger partial charge in [-0.3, -0.25) is 14.4 Å². The van der Waals surface area contributed by atoms with Gasteiger partial charge in [-0.05, 0) is 65.6 Å². The molecular weight excluding hydrogens is 506 g/mol. The van der Waals surface area contributed by atoms with Crippen molar-refractivity contribution in [2.45, 2.75) is 50.4 Å². The second-order valence-corrected chi connectivity index (χ2v) is 11.3. The van der Waals surface area contributed by atoms with E-state index in [1.807, 2.05) is 53.9 Å². The van der Waals surface area contributed by atoms with E-state index < -0.39 is 0 Å². The smallest absolute Gasteiger partial charge is 0.259 e. The molecule has 6 nitrogen and oxygen atoms in total. The van der Waals surface area contributed by atoms with Gasteiger partial charge in [0.25, 0.3) is 5.56 Å². The summed E-state index contributed by atoms with van der Waals surface area (Å²) in [5.74, 6) is -0.241. The zero-order chi connectivity index (χ0) is 25.6. The van der Waals surface area contributed by atoms with Crippen LogP contribution >= 0.6 is 22.9 Å². The molecule has 2 amide bonds. The van der Waals surface area contributed by atoms with Gasteiger partial charge in [0.1, 0.15) is 6.54 Å². The second-order valence-electron chi connectivity index (χ2n) is 9.94. The van der Waals surface area contributed by atoms with Crippen molar-refractivity contribution in [2.24, 2.45) is 0 Å². The van der Waals surface area contributed by atoms with Crippen LogP contribution in [0.2, 0.25) is 5.02 Å². The maximum atomic E-state index is 13.6. The molecule has 37 heavy (non-hydrogen) atoms. The Kier molecular flexibility index (Phi) is 6.13. The summed E-state index contributed by atoms with van der Waals surface area (Å²) in [5.41, 5.74) is 2.76. The Labute approximate surface area is 223 Å². The average Bonchev–Trinajstić information content (AvgIpc) is 3.50. The van der Waals surface area contributed by atoms with Gasteiger partial charge in [0.15, 0.2) is 0 Å². The molecule has 0 spiro atoms. The number of thiophene rings is 1. The zero-order valence-electron chi connectivity index (χ0n) is 20.2. The number of pyridine rings is 1. The van der Waals surface area contributed by atoms with Gasteiger partial charge < -0.3 is 14.8 Å². The molecule has 1 N–H and O–H groups in total. The van der Waals surface area contributed by atoms with Crippen molar-refractivity contribution < 1.29 is 9.59 Å². The number of halogens is 1. The van der Waals surface area contributed by atoms with Crippen LogP contribution in [0.3, 0.4) is 0 Å². The number of aromatic nitrogens is 1. The van der Waals surface area contributed by atoms with Crippen molar-refractivity contribution in [3.05, 3.63) is 104 Å². The van der Waals surface area contributed by atoms with E-state index in [9.17, 15) is 14.4 Å². The van der Waals surface area contributed by atoms with E-state index >= 15 is 0 Å². The third-order valence-corrected chi connectivity index (χ3v) is 8.65. The van der Waals surface area contributed by atoms with Gasteiger partial charge in [0.05, 0.1) is 10.9 Å². The minimum atomic E-state index is -0.355. The summed E-state index contributed by atoms with van der Waals surface area (Å²) >= 11 is 7.55. The quantitative estimate of drug-likeness (QED) is 0.386. The Hall–Kier alpha value is -3.42. The highest BCUT2D eigenvalue weighted by atomic mass is 35.5. The maximum absolute atomic E-state index is 13.6. The predicted molar refractivity (Wildman–Crippen MR) is 146 cm³/mol. The molecule has 0 unspecified atom stereocenters. The van der Waals surface area contributed by atoms with Crippen LogP contribution in [0.1, 0.15) is 36.0 Å². The molecule has 1 saturated carbocycles. The first-order valence-corrected chi connectivity index (χ1v) is 13.7. The number of amides is 2. The maximum Gasteiger partial charge on any atom is 0.259 e. The van der Waals surface area contributed by atoms with Crippen molar-refractivity contribution in [2.75, 3.05) is 0 Å². The monoisotopic (exact) mass is 531 g/mol. The van der Waals surface area contributed by atoms with E-state index in [-0.39, 0.29) is 41.9 Å². The molecule has 6 rings (SSSR count). The van der Waals surface area contributed by atoms with Crippen LogP contribution in [0.4, 0.5) is 0 Å². The van der Waals surface area contributed by atoms with Crippen LogP contribution in [-0.4, -0.2) is 27.3 Å². The largest absolute Gasteiger partial charge is 0.347 e. The molecule has 2 aromatic heterocycles. The number of rotatable bonds is 6. The highest BCUT2D eigenvalue weighted by Gasteiger charge is 2.46. The summed E-state index contributed by atoms with van der Waals surface area (Å²) in [6.45, 7) is 0.365. The van der Waals surface area contributed by atoms with Crippen LogP contribution in [0, 0.1) is 0 Å². The molecule has 0 saturated heterocycles. The lowest BCUT2D eigenvalue weighted by Gasteiger charge is -2.37. The second kappa shape index (κ2) is 9.47. The van der Waals surface area contributed by atoms with Crippen LogP contribution in [0.5, 0.6) is 0 Å². The van der Waals surface area contributed by atoms with Gasteiger partial charge in [0.2, 0.25) is 11.8 Å². The van der Waals surface area contributed by atoms with Crippen molar-refractivity contribution in [1.29, 1.82) is 0 Å². The number of fused-ring (bicyclic) bond motifs is 2. The number of hydrogen-bond acceptors (Lipinski definition) is 4. The van der Waals surface area contributed by atoms with Gasteiger partial charge >= 0.3 is 0 Å². The molecule has 188 valence electrons. The van der Waals surface area contributed by atoms with E-state index in [4.69, 9.17) is 11.6 Å². The highest BCUT2D eigenvalue weighted by Crippen LogP contribution is 2.45. The molecule has 1 atom stereocenters. The molecular formula is C29H26ClN3O3S. The number of nitrogens with one attached hydrogen (secondary N) is 1. The average molecular weight is 532 g/mol. The Morgan fingerprint density at radius 2 is 1.78 bits per heavy atom. The number of hydrogen-bond donors (Lipinski definition) is 1. The van der Waals surface area contributed by atoms with Crippen molar-refractivity contribution in [3.8, 4) is 0 Å². The summed E-state index contributed by atoms with van der Waals surface area (Å²) in [6, 6.07) is 19.0. The lowest BCUT2D eigenvalue weighted by atomic mass is 9.91. The Balaban J connectivity index is 1.22. The fourth-order valence-corrected chi connectivity index (χ4v) is 6.24. The molecule has 1 aliphatic heterocycles. The molecule has 0 bridgehead atoms. The van der Waals surface area contributed by atoms with Gasteiger partial charge in [-0.1, -0.05) is 48.0 Å². The van der Waals surface area contributed by atoms with Crippen LogP contribution in [0.15, 0.2) is 77.0 Å².